The SMILES string of the molecule is C[C@](N)(C(=O)N1CCO[C@H](c2ccccc2F)C1)C1CC1. The largest absolute Gasteiger partial charge is 0.370 e. The fraction of sp³-hybridized carbons (Fsp3) is 0.562. The van der Waals surface area contributed by atoms with Crippen LogP contribution in [0.2, 0.25) is 0 Å². The lowest BCUT2D eigenvalue weighted by Gasteiger charge is -2.37. The van der Waals surface area contributed by atoms with Gasteiger partial charge in [0.1, 0.15) is 11.9 Å². The summed E-state index contributed by atoms with van der Waals surface area (Å²) in [6, 6.07) is 6.54. The Labute approximate surface area is 124 Å². The number of morpholine rings is 1. The molecule has 114 valence electrons. The predicted molar refractivity (Wildman–Crippen MR) is 77.0 cm³/mol. The zero-order valence-corrected chi connectivity index (χ0v) is 12.2. The number of ether oxygens (including phenoxy) is 1. The number of benzene rings is 1. The average molecular weight is 292 g/mol. The molecule has 0 bridgehead atoms. The zero-order chi connectivity index (χ0) is 15.0. The fourth-order valence-electron chi connectivity index (χ4n) is 2.96. The van der Waals surface area contributed by atoms with Gasteiger partial charge in [0, 0.05) is 12.1 Å². The summed E-state index contributed by atoms with van der Waals surface area (Å²) in [5, 5.41) is 0. The van der Waals surface area contributed by atoms with Crippen molar-refractivity contribution in [2.45, 2.75) is 31.4 Å². The average Bonchev–Trinajstić information content (AvgIpc) is 3.32. The lowest BCUT2D eigenvalue weighted by molar-refractivity contribution is -0.145. The van der Waals surface area contributed by atoms with Crippen molar-refractivity contribution in [3.8, 4) is 0 Å². The van der Waals surface area contributed by atoms with E-state index in [9.17, 15) is 9.18 Å². The second-order valence-corrected chi connectivity index (χ2v) is 6.19. The van der Waals surface area contributed by atoms with Crippen LogP contribution in [-0.2, 0) is 9.53 Å². The first-order chi connectivity index (χ1) is 10.00. The van der Waals surface area contributed by atoms with Gasteiger partial charge in [-0.25, -0.2) is 4.39 Å². The molecule has 3 rings (SSSR count). The summed E-state index contributed by atoms with van der Waals surface area (Å²) in [6.07, 6.45) is 1.61. The van der Waals surface area contributed by atoms with Crippen LogP contribution in [0, 0.1) is 11.7 Å². The lowest BCUT2D eigenvalue weighted by atomic mass is 9.94. The molecule has 4 nitrogen and oxygen atoms in total. The molecule has 21 heavy (non-hydrogen) atoms. The first-order valence-corrected chi connectivity index (χ1v) is 7.44. The van der Waals surface area contributed by atoms with Gasteiger partial charge in [-0.2, -0.15) is 0 Å². The first kappa shape index (κ1) is 14.5. The quantitative estimate of drug-likeness (QED) is 0.925. The zero-order valence-electron chi connectivity index (χ0n) is 12.2. The van der Waals surface area contributed by atoms with Gasteiger partial charge in [-0.05, 0) is 31.7 Å². The smallest absolute Gasteiger partial charge is 0.242 e. The minimum absolute atomic E-state index is 0.0466. The maximum atomic E-state index is 13.9. The molecule has 1 aliphatic carbocycles. The van der Waals surface area contributed by atoms with Crippen LogP contribution >= 0.6 is 0 Å². The van der Waals surface area contributed by atoms with Crippen LogP contribution in [0.1, 0.15) is 31.4 Å². The van der Waals surface area contributed by atoms with Gasteiger partial charge in [0.05, 0.1) is 18.7 Å². The number of rotatable bonds is 3. The number of hydrogen-bond donors (Lipinski definition) is 1. The van der Waals surface area contributed by atoms with E-state index in [1.807, 2.05) is 0 Å². The number of carbonyl (C=O) groups excluding carboxylic acids is 1. The highest BCUT2D eigenvalue weighted by atomic mass is 19.1. The van der Waals surface area contributed by atoms with Gasteiger partial charge in [0.2, 0.25) is 5.91 Å². The topological polar surface area (TPSA) is 55.6 Å². The molecule has 2 atom stereocenters. The fourth-order valence-corrected chi connectivity index (χ4v) is 2.96. The summed E-state index contributed by atoms with van der Waals surface area (Å²) in [7, 11) is 0. The normalized spacial score (nSPS) is 25.5. The molecule has 1 aromatic rings. The molecule has 1 aliphatic heterocycles. The molecule has 0 aromatic heterocycles. The molecule has 1 heterocycles. The van der Waals surface area contributed by atoms with Crippen molar-refractivity contribution in [2.75, 3.05) is 19.7 Å². The van der Waals surface area contributed by atoms with E-state index >= 15 is 0 Å². The maximum Gasteiger partial charge on any atom is 0.242 e. The van der Waals surface area contributed by atoms with Gasteiger partial charge in [-0.1, -0.05) is 18.2 Å². The monoisotopic (exact) mass is 292 g/mol. The van der Waals surface area contributed by atoms with E-state index in [1.54, 1.807) is 30.0 Å². The molecule has 0 radical (unpaired) electrons. The van der Waals surface area contributed by atoms with Gasteiger partial charge in [-0.15, -0.1) is 0 Å². The standard InChI is InChI=1S/C16H21FN2O2/c1-16(18,11-6-7-11)15(20)19-8-9-21-14(10-19)12-4-2-3-5-13(12)17/h2-5,11,14H,6-10,18H2,1H3/t14-,16+/m0/s1. The molecule has 2 aliphatic rings. The molecule has 0 unspecified atom stereocenters. The number of halogens is 1. The molecule has 2 fully saturated rings. The summed E-state index contributed by atoms with van der Waals surface area (Å²) in [5.74, 6) is -0.0658. The van der Waals surface area contributed by atoms with Crippen molar-refractivity contribution < 1.29 is 13.9 Å². The Morgan fingerprint density at radius 3 is 2.81 bits per heavy atom. The first-order valence-electron chi connectivity index (χ1n) is 7.44. The van der Waals surface area contributed by atoms with Crippen molar-refractivity contribution in [1.29, 1.82) is 0 Å². The van der Waals surface area contributed by atoms with E-state index in [1.165, 1.54) is 6.07 Å². The highest BCUT2D eigenvalue weighted by Crippen LogP contribution is 2.39. The van der Waals surface area contributed by atoms with Crippen molar-refractivity contribution in [1.82, 2.24) is 4.90 Å². The van der Waals surface area contributed by atoms with Crippen molar-refractivity contribution in [3.05, 3.63) is 35.6 Å². The minimum atomic E-state index is -0.808. The highest BCUT2D eigenvalue weighted by Gasteiger charge is 2.46. The highest BCUT2D eigenvalue weighted by molar-refractivity contribution is 5.86. The van der Waals surface area contributed by atoms with Crippen LogP contribution in [0.3, 0.4) is 0 Å². The van der Waals surface area contributed by atoms with Gasteiger partial charge in [-0.3, -0.25) is 4.79 Å². The van der Waals surface area contributed by atoms with E-state index in [-0.39, 0.29) is 17.6 Å². The number of hydrogen-bond acceptors (Lipinski definition) is 3. The van der Waals surface area contributed by atoms with Gasteiger partial charge in [0.15, 0.2) is 0 Å². The summed E-state index contributed by atoms with van der Waals surface area (Å²) >= 11 is 0. The van der Waals surface area contributed by atoms with Crippen LogP contribution in [-0.4, -0.2) is 36.0 Å². The van der Waals surface area contributed by atoms with E-state index in [0.29, 0.717) is 25.3 Å². The van der Waals surface area contributed by atoms with Crippen molar-refractivity contribution in [2.24, 2.45) is 11.7 Å². The molecule has 1 saturated carbocycles. The molecule has 1 saturated heterocycles. The van der Waals surface area contributed by atoms with Crippen LogP contribution in [0.15, 0.2) is 24.3 Å². The van der Waals surface area contributed by atoms with Gasteiger partial charge >= 0.3 is 0 Å². The second kappa shape index (κ2) is 5.39. The number of nitrogens with two attached hydrogens (primary N) is 1. The Morgan fingerprint density at radius 1 is 1.43 bits per heavy atom. The minimum Gasteiger partial charge on any atom is -0.370 e. The Balaban J connectivity index is 1.74. The molecule has 2 N–H and O–H groups in total. The predicted octanol–water partition coefficient (Wildman–Crippen LogP) is 1.85. The third kappa shape index (κ3) is 2.80. The molecular weight excluding hydrogens is 271 g/mol. The van der Waals surface area contributed by atoms with E-state index in [2.05, 4.69) is 0 Å². The number of nitrogens with zero attached hydrogens (tertiary/aromatic N) is 1. The summed E-state index contributed by atoms with van der Waals surface area (Å²) in [6.45, 7) is 3.09. The Kier molecular flexibility index (Phi) is 3.71. The summed E-state index contributed by atoms with van der Waals surface area (Å²) in [4.78, 5) is 14.3. The third-order valence-electron chi connectivity index (χ3n) is 4.49. The lowest BCUT2D eigenvalue weighted by Crippen LogP contribution is -2.57. The van der Waals surface area contributed by atoms with E-state index in [4.69, 9.17) is 10.5 Å². The summed E-state index contributed by atoms with van der Waals surface area (Å²) < 4.78 is 19.5. The van der Waals surface area contributed by atoms with Gasteiger partial charge < -0.3 is 15.4 Å². The summed E-state index contributed by atoms with van der Waals surface area (Å²) in [5.41, 5.74) is 5.90. The molecular formula is C16H21FN2O2. The molecule has 1 aromatic carbocycles. The van der Waals surface area contributed by atoms with E-state index < -0.39 is 11.6 Å². The Bertz CT molecular complexity index is 543. The van der Waals surface area contributed by atoms with Crippen LogP contribution in [0.4, 0.5) is 4.39 Å². The maximum absolute atomic E-state index is 13.9. The van der Waals surface area contributed by atoms with E-state index in [0.717, 1.165) is 12.8 Å². The molecule has 0 spiro atoms. The van der Waals surface area contributed by atoms with Gasteiger partial charge in [0.25, 0.3) is 0 Å². The Hall–Kier alpha value is -1.46. The number of amides is 1. The molecule has 5 heteroatoms. The van der Waals surface area contributed by atoms with Crippen LogP contribution < -0.4 is 5.73 Å². The van der Waals surface area contributed by atoms with Crippen LogP contribution in [0.25, 0.3) is 0 Å². The Morgan fingerprint density at radius 2 is 2.14 bits per heavy atom. The molecule has 1 amide bonds. The van der Waals surface area contributed by atoms with Crippen molar-refractivity contribution in [3.63, 3.8) is 0 Å². The number of carbonyl (C=O) groups is 1. The van der Waals surface area contributed by atoms with Crippen molar-refractivity contribution >= 4 is 5.91 Å². The second-order valence-electron chi connectivity index (χ2n) is 6.19. The van der Waals surface area contributed by atoms with Crippen LogP contribution in [0.5, 0.6) is 0 Å². The third-order valence-corrected chi connectivity index (χ3v) is 4.49.